The molecule has 0 amide bonds. The van der Waals surface area contributed by atoms with Gasteiger partial charge in [0.1, 0.15) is 0 Å². The minimum absolute atomic E-state index is 0.443. The van der Waals surface area contributed by atoms with E-state index in [0.29, 0.717) is 12.5 Å². The smallest absolute Gasteiger partial charge is 0.193 e. The highest BCUT2D eigenvalue weighted by Crippen LogP contribution is 2.13. The van der Waals surface area contributed by atoms with Crippen molar-refractivity contribution < 1.29 is 0 Å². The Balaban J connectivity index is 1.90. The SMILES string of the molecule is Cc1cc(C)cc(NC(N)=NCCc2cnn(C)c2)c1. The summed E-state index contributed by atoms with van der Waals surface area (Å²) in [7, 11) is 1.91. The van der Waals surface area contributed by atoms with Gasteiger partial charge in [-0.05, 0) is 49.1 Å². The maximum absolute atomic E-state index is 5.89. The van der Waals surface area contributed by atoms with E-state index in [9.17, 15) is 0 Å². The summed E-state index contributed by atoms with van der Waals surface area (Å²) >= 11 is 0. The standard InChI is InChI=1S/C15H21N5/c1-11-6-12(2)8-14(7-11)19-15(16)17-5-4-13-9-18-20(3)10-13/h6-10H,4-5H2,1-3H3,(H3,16,17,19). The number of nitrogens with two attached hydrogens (primary N) is 1. The van der Waals surface area contributed by atoms with Crippen LogP contribution < -0.4 is 11.1 Å². The van der Waals surface area contributed by atoms with E-state index < -0.39 is 0 Å². The van der Waals surface area contributed by atoms with Gasteiger partial charge in [0.15, 0.2) is 5.96 Å². The van der Waals surface area contributed by atoms with Crippen molar-refractivity contribution in [3.05, 3.63) is 47.3 Å². The van der Waals surface area contributed by atoms with Crippen molar-refractivity contribution in [3.63, 3.8) is 0 Å². The van der Waals surface area contributed by atoms with E-state index in [0.717, 1.165) is 17.7 Å². The highest BCUT2D eigenvalue weighted by molar-refractivity contribution is 5.92. The van der Waals surface area contributed by atoms with Crippen molar-refractivity contribution in [2.24, 2.45) is 17.8 Å². The van der Waals surface area contributed by atoms with Crippen LogP contribution in [0.5, 0.6) is 0 Å². The van der Waals surface area contributed by atoms with Crippen LogP contribution in [0, 0.1) is 13.8 Å². The van der Waals surface area contributed by atoms with Gasteiger partial charge in [0.05, 0.1) is 6.20 Å². The molecule has 5 nitrogen and oxygen atoms in total. The summed E-state index contributed by atoms with van der Waals surface area (Å²) in [5.74, 6) is 0.443. The highest BCUT2D eigenvalue weighted by Gasteiger charge is 1.99. The van der Waals surface area contributed by atoms with Crippen LogP contribution in [0.15, 0.2) is 35.6 Å². The largest absolute Gasteiger partial charge is 0.370 e. The van der Waals surface area contributed by atoms with Crippen molar-refractivity contribution in [1.29, 1.82) is 0 Å². The average molecular weight is 271 g/mol. The molecule has 20 heavy (non-hydrogen) atoms. The molecule has 2 rings (SSSR count). The Morgan fingerprint density at radius 1 is 1.30 bits per heavy atom. The summed E-state index contributed by atoms with van der Waals surface area (Å²) in [5, 5.41) is 7.24. The van der Waals surface area contributed by atoms with E-state index in [4.69, 9.17) is 5.73 Å². The number of aromatic nitrogens is 2. The van der Waals surface area contributed by atoms with E-state index in [1.54, 1.807) is 4.68 Å². The van der Waals surface area contributed by atoms with Crippen LogP contribution in [-0.2, 0) is 13.5 Å². The lowest BCUT2D eigenvalue weighted by Crippen LogP contribution is -2.23. The van der Waals surface area contributed by atoms with E-state index in [2.05, 4.69) is 47.5 Å². The van der Waals surface area contributed by atoms with Crippen molar-refractivity contribution in [3.8, 4) is 0 Å². The lowest BCUT2D eigenvalue weighted by Gasteiger charge is -2.07. The maximum atomic E-state index is 5.89. The topological polar surface area (TPSA) is 68.2 Å². The Bertz CT molecular complexity index is 592. The van der Waals surface area contributed by atoms with Gasteiger partial charge in [0.2, 0.25) is 0 Å². The molecule has 0 spiro atoms. The van der Waals surface area contributed by atoms with Crippen LogP contribution in [-0.4, -0.2) is 22.3 Å². The number of benzene rings is 1. The van der Waals surface area contributed by atoms with Gasteiger partial charge in [-0.2, -0.15) is 5.10 Å². The number of rotatable bonds is 4. The Hall–Kier alpha value is -2.30. The van der Waals surface area contributed by atoms with Gasteiger partial charge < -0.3 is 11.1 Å². The quantitative estimate of drug-likeness (QED) is 0.660. The van der Waals surface area contributed by atoms with E-state index in [-0.39, 0.29) is 0 Å². The number of guanidine groups is 1. The molecule has 1 aromatic heterocycles. The van der Waals surface area contributed by atoms with E-state index in [1.165, 1.54) is 11.1 Å². The molecule has 1 aromatic carbocycles. The third-order valence-corrected chi connectivity index (χ3v) is 2.94. The minimum Gasteiger partial charge on any atom is -0.370 e. The molecular weight excluding hydrogens is 250 g/mol. The Labute approximate surface area is 119 Å². The zero-order valence-corrected chi connectivity index (χ0v) is 12.2. The van der Waals surface area contributed by atoms with Crippen molar-refractivity contribution >= 4 is 11.6 Å². The second-order valence-corrected chi connectivity index (χ2v) is 5.04. The minimum atomic E-state index is 0.443. The van der Waals surface area contributed by atoms with Gasteiger partial charge in [0, 0.05) is 25.5 Å². The predicted molar refractivity (Wildman–Crippen MR) is 82.9 cm³/mol. The van der Waals surface area contributed by atoms with Gasteiger partial charge in [-0.3, -0.25) is 9.67 Å². The first-order valence-corrected chi connectivity index (χ1v) is 6.66. The zero-order chi connectivity index (χ0) is 14.5. The van der Waals surface area contributed by atoms with Crippen molar-refractivity contribution in [2.45, 2.75) is 20.3 Å². The molecule has 5 heteroatoms. The van der Waals surface area contributed by atoms with Crippen LogP contribution in [0.2, 0.25) is 0 Å². The first-order chi connectivity index (χ1) is 9.52. The first kappa shape index (κ1) is 14.1. The van der Waals surface area contributed by atoms with Crippen LogP contribution in [0.25, 0.3) is 0 Å². The summed E-state index contributed by atoms with van der Waals surface area (Å²) in [6, 6.07) is 6.23. The summed E-state index contributed by atoms with van der Waals surface area (Å²) in [6.45, 7) is 4.77. The third kappa shape index (κ3) is 4.12. The first-order valence-electron chi connectivity index (χ1n) is 6.66. The van der Waals surface area contributed by atoms with E-state index in [1.807, 2.05) is 19.4 Å². The molecule has 0 saturated heterocycles. The molecule has 0 atom stereocenters. The molecule has 106 valence electrons. The molecular formula is C15H21N5. The summed E-state index contributed by atoms with van der Waals surface area (Å²) in [6.07, 6.45) is 4.68. The molecule has 0 radical (unpaired) electrons. The number of aryl methyl sites for hydroxylation is 3. The maximum Gasteiger partial charge on any atom is 0.193 e. The molecule has 0 aliphatic heterocycles. The summed E-state index contributed by atoms with van der Waals surface area (Å²) in [5.41, 5.74) is 10.4. The number of nitrogens with one attached hydrogen (secondary N) is 1. The normalized spacial score (nSPS) is 11.7. The molecule has 0 fully saturated rings. The van der Waals surface area contributed by atoms with E-state index >= 15 is 0 Å². The molecule has 2 aromatic rings. The monoisotopic (exact) mass is 271 g/mol. The number of hydrogen-bond acceptors (Lipinski definition) is 2. The Kier molecular flexibility index (Phi) is 4.40. The molecule has 0 unspecified atom stereocenters. The van der Waals surface area contributed by atoms with Crippen molar-refractivity contribution in [2.75, 3.05) is 11.9 Å². The average Bonchev–Trinajstić information content (AvgIpc) is 2.73. The lowest BCUT2D eigenvalue weighted by molar-refractivity contribution is 0.766. The molecule has 0 bridgehead atoms. The summed E-state index contributed by atoms with van der Waals surface area (Å²) < 4.78 is 1.79. The number of hydrogen-bond donors (Lipinski definition) is 2. The molecule has 0 saturated carbocycles. The van der Waals surface area contributed by atoms with Gasteiger partial charge >= 0.3 is 0 Å². The zero-order valence-electron chi connectivity index (χ0n) is 12.2. The number of anilines is 1. The van der Waals surface area contributed by atoms with Crippen LogP contribution >= 0.6 is 0 Å². The van der Waals surface area contributed by atoms with Crippen LogP contribution in [0.4, 0.5) is 5.69 Å². The van der Waals surface area contributed by atoms with Gasteiger partial charge in [-0.25, -0.2) is 0 Å². The second kappa shape index (κ2) is 6.23. The van der Waals surface area contributed by atoms with Gasteiger partial charge in [-0.15, -0.1) is 0 Å². The molecule has 3 N–H and O–H groups in total. The fraction of sp³-hybridized carbons (Fsp3) is 0.333. The lowest BCUT2D eigenvalue weighted by atomic mass is 10.1. The number of nitrogens with zero attached hydrogens (tertiary/aromatic N) is 3. The highest BCUT2D eigenvalue weighted by atomic mass is 15.2. The van der Waals surface area contributed by atoms with Gasteiger partial charge in [-0.1, -0.05) is 6.07 Å². The van der Waals surface area contributed by atoms with Gasteiger partial charge in [0.25, 0.3) is 0 Å². The van der Waals surface area contributed by atoms with Crippen LogP contribution in [0.1, 0.15) is 16.7 Å². The third-order valence-electron chi connectivity index (χ3n) is 2.94. The molecule has 0 aliphatic carbocycles. The fourth-order valence-corrected chi connectivity index (χ4v) is 2.14. The Morgan fingerprint density at radius 2 is 2.00 bits per heavy atom. The second-order valence-electron chi connectivity index (χ2n) is 5.04. The fourth-order valence-electron chi connectivity index (χ4n) is 2.14. The molecule has 0 aliphatic rings. The molecule has 1 heterocycles. The van der Waals surface area contributed by atoms with Crippen LogP contribution in [0.3, 0.4) is 0 Å². The van der Waals surface area contributed by atoms with Crippen molar-refractivity contribution in [1.82, 2.24) is 9.78 Å². The number of aliphatic imine (C=N–C) groups is 1. The summed E-state index contributed by atoms with van der Waals surface area (Å²) in [4.78, 5) is 4.33. The predicted octanol–water partition coefficient (Wildman–Crippen LogP) is 2.01. The Morgan fingerprint density at radius 3 is 2.60 bits per heavy atom.